The van der Waals surface area contributed by atoms with E-state index in [1.165, 1.54) is 6.07 Å². The van der Waals surface area contributed by atoms with Gasteiger partial charge in [0.05, 0.1) is 13.2 Å². The second-order valence-corrected chi connectivity index (χ2v) is 8.22. The lowest BCUT2D eigenvalue weighted by Crippen LogP contribution is -2.47. The highest BCUT2D eigenvalue weighted by Gasteiger charge is 2.31. The van der Waals surface area contributed by atoms with E-state index in [9.17, 15) is 13.2 Å². The van der Waals surface area contributed by atoms with Crippen LogP contribution in [0.25, 0.3) is 0 Å². The molecule has 2 aromatic rings. The van der Waals surface area contributed by atoms with Gasteiger partial charge in [0.15, 0.2) is 0 Å². The van der Waals surface area contributed by atoms with E-state index in [1.807, 2.05) is 6.07 Å². The van der Waals surface area contributed by atoms with Crippen LogP contribution in [0, 0.1) is 0 Å². The lowest BCUT2D eigenvalue weighted by molar-refractivity contribution is -0.137. The zero-order valence-corrected chi connectivity index (χ0v) is 14.6. The Balaban J connectivity index is 1.89. The molecule has 1 amide bonds. The maximum Gasteiger partial charge on any atom is 0.251 e. The van der Waals surface area contributed by atoms with E-state index in [0.717, 1.165) is 11.3 Å². The smallest absolute Gasteiger partial charge is 0.251 e. The maximum absolute atomic E-state index is 12.9. The highest BCUT2D eigenvalue weighted by molar-refractivity contribution is 7.91. The maximum atomic E-state index is 12.9. The zero-order chi connectivity index (χ0) is 17.0. The summed E-state index contributed by atoms with van der Waals surface area (Å²) in [7, 11) is -3.76. The Morgan fingerprint density at radius 3 is 2.46 bits per heavy atom. The molecule has 1 atom stereocenters. The van der Waals surface area contributed by atoms with Gasteiger partial charge in [-0.05, 0) is 17.0 Å². The van der Waals surface area contributed by atoms with Gasteiger partial charge in [0.2, 0.25) is 5.91 Å². The highest BCUT2D eigenvalue weighted by Crippen LogP contribution is 2.22. The number of nitrogens with zero attached hydrogens (tertiary/aromatic N) is 1. The van der Waals surface area contributed by atoms with Gasteiger partial charge in [0, 0.05) is 13.1 Å². The van der Waals surface area contributed by atoms with E-state index in [2.05, 4.69) is 4.72 Å². The Bertz CT molecular complexity index is 770. The first-order valence-corrected chi connectivity index (χ1v) is 9.91. The number of rotatable bonds is 5. The van der Waals surface area contributed by atoms with Crippen LogP contribution in [0.4, 0.5) is 0 Å². The summed E-state index contributed by atoms with van der Waals surface area (Å²) >= 11 is 1.12. The molecule has 1 aromatic carbocycles. The topological polar surface area (TPSA) is 75.7 Å². The van der Waals surface area contributed by atoms with Crippen LogP contribution in [0.5, 0.6) is 0 Å². The fourth-order valence-corrected chi connectivity index (χ4v) is 4.69. The van der Waals surface area contributed by atoms with Gasteiger partial charge in [0.1, 0.15) is 10.3 Å². The van der Waals surface area contributed by atoms with Gasteiger partial charge in [0.25, 0.3) is 10.0 Å². The number of carbonyl (C=O) groups excluding carboxylic acids is 1. The van der Waals surface area contributed by atoms with Crippen molar-refractivity contribution in [1.82, 2.24) is 9.62 Å². The lowest BCUT2D eigenvalue weighted by Gasteiger charge is -2.30. The summed E-state index contributed by atoms with van der Waals surface area (Å²) in [4.78, 5) is 14.5. The van der Waals surface area contributed by atoms with Crippen molar-refractivity contribution in [1.29, 1.82) is 0 Å². The SMILES string of the molecule is O=C([C@@H](NS(=O)(=O)c1cccs1)c1ccccc1)N1CCOCC1. The van der Waals surface area contributed by atoms with Gasteiger partial charge in [-0.3, -0.25) is 4.79 Å². The number of ether oxygens (including phenoxy) is 1. The summed E-state index contributed by atoms with van der Waals surface area (Å²) in [6.45, 7) is 1.85. The number of nitrogens with one attached hydrogen (secondary N) is 1. The third kappa shape index (κ3) is 3.84. The quantitative estimate of drug-likeness (QED) is 0.873. The van der Waals surface area contributed by atoms with Crippen molar-refractivity contribution in [3.05, 3.63) is 53.4 Å². The van der Waals surface area contributed by atoms with Crippen molar-refractivity contribution in [3.8, 4) is 0 Å². The Hall–Kier alpha value is -1.74. The Labute approximate surface area is 145 Å². The minimum absolute atomic E-state index is 0.193. The summed E-state index contributed by atoms with van der Waals surface area (Å²) in [6.07, 6.45) is 0. The van der Waals surface area contributed by atoms with Crippen LogP contribution < -0.4 is 4.72 Å². The molecular weight excluding hydrogens is 348 g/mol. The molecule has 0 radical (unpaired) electrons. The number of benzene rings is 1. The highest BCUT2D eigenvalue weighted by atomic mass is 32.2. The molecule has 3 rings (SSSR count). The molecule has 2 heterocycles. The van der Waals surface area contributed by atoms with Gasteiger partial charge >= 0.3 is 0 Å². The number of hydrogen-bond acceptors (Lipinski definition) is 5. The van der Waals surface area contributed by atoms with Gasteiger partial charge in [-0.25, -0.2) is 8.42 Å². The first-order valence-electron chi connectivity index (χ1n) is 7.55. The first kappa shape index (κ1) is 17.1. The van der Waals surface area contributed by atoms with Crippen molar-refractivity contribution >= 4 is 27.3 Å². The van der Waals surface area contributed by atoms with E-state index in [1.54, 1.807) is 40.6 Å². The van der Waals surface area contributed by atoms with E-state index < -0.39 is 16.1 Å². The summed E-state index contributed by atoms with van der Waals surface area (Å²) < 4.78 is 33.2. The molecule has 0 saturated carbocycles. The minimum Gasteiger partial charge on any atom is -0.378 e. The van der Waals surface area contributed by atoms with E-state index in [0.29, 0.717) is 31.9 Å². The number of amides is 1. The number of thiophene rings is 1. The number of sulfonamides is 1. The molecule has 1 N–H and O–H groups in total. The predicted octanol–water partition coefficient (Wildman–Crippen LogP) is 1.63. The molecule has 1 aliphatic rings. The van der Waals surface area contributed by atoms with Crippen molar-refractivity contribution in [2.45, 2.75) is 10.3 Å². The first-order chi connectivity index (χ1) is 11.6. The molecule has 1 aliphatic heterocycles. The number of morpholine rings is 1. The third-order valence-electron chi connectivity index (χ3n) is 3.74. The monoisotopic (exact) mass is 366 g/mol. The largest absolute Gasteiger partial charge is 0.378 e. The van der Waals surface area contributed by atoms with Gasteiger partial charge in [-0.2, -0.15) is 4.72 Å². The van der Waals surface area contributed by atoms with Crippen LogP contribution in [-0.4, -0.2) is 45.5 Å². The Kier molecular flexibility index (Phi) is 5.30. The summed E-state index contributed by atoms with van der Waals surface area (Å²) in [5.41, 5.74) is 0.620. The number of carbonyl (C=O) groups is 1. The normalized spacial score (nSPS) is 16.8. The molecule has 0 bridgehead atoms. The second kappa shape index (κ2) is 7.43. The second-order valence-electron chi connectivity index (χ2n) is 5.33. The zero-order valence-electron chi connectivity index (χ0n) is 12.9. The van der Waals surface area contributed by atoms with Crippen LogP contribution in [0.1, 0.15) is 11.6 Å². The average Bonchev–Trinajstić information content (AvgIpc) is 3.16. The van der Waals surface area contributed by atoms with Crippen LogP contribution in [0.2, 0.25) is 0 Å². The lowest BCUT2D eigenvalue weighted by atomic mass is 10.1. The molecule has 0 spiro atoms. The summed E-state index contributed by atoms with van der Waals surface area (Å²) in [5, 5.41) is 1.69. The molecule has 8 heteroatoms. The molecule has 0 aliphatic carbocycles. The van der Waals surface area contributed by atoms with E-state index >= 15 is 0 Å². The van der Waals surface area contributed by atoms with Crippen LogP contribution in [-0.2, 0) is 19.6 Å². The molecule has 1 aromatic heterocycles. The third-order valence-corrected chi connectivity index (χ3v) is 6.56. The molecule has 1 fully saturated rings. The molecule has 1 saturated heterocycles. The Morgan fingerprint density at radius 1 is 1.12 bits per heavy atom. The molecule has 6 nitrogen and oxygen atoms in total. The molecular formula is C16H18N2O4S2. The van der Waals surface area contributed by atoms with Gasteiger partial charge in [-0.15, -0.1) is 11.3 Å². The number of hydrogen-bond donors (Lipinski definition) is 1. The molecule has 128 valence electrons. The van der Waals surface area contributed by atoms with Crippen LogP contribution in [0.15, 0.2) is 52.1 Å². The Morgan fingerprint density at radius 2 is 1.83 bits per heavy atom. The van der Waals surface area contributed by atoms with Gasteiger partial charge in [-0.1, -0.05) is 36.4 Å². The average molecular weight is 366 g/mol. The van der Waals surface area contributed by atoms with Crippen LogP contribution >= 0.6 is 11.3 Å². The van der Waals surface area contributed by atoms with Crippen molar-refractivity contribution in [2.75, 3.05) is 26.3 Å². The summed E-state index contributed by atoms with van der Waals surface area (Å²) in [6, 6.07) is 11.1. The minimum atomic E-state index is -3.76. The van der Waals surface area contributed by atoms with Crippen molar-refractivity contribution < 1.29 is 17.9 Å². The molecule has 0 unspecified atom stereocenters. The van der Waals surface area contributed by atoms with E-state index in [4.69, 9.17) is 4.74 Å². The van der Waals surface area contributed by atoms with E-state index in [-0.39, 0.29) is 10.1 Å². The standard InChI is InChI=1S/C16H18N2O4S2/c19-16(18-8-10-22-11-9-18)15(13-5-2-1-3-6-13)17-24(20,21)14-7-4-12-23-14/h1-7,12,15,17H,8-11H2/t15-/m0/s1. The van der Waals surface area contributed by atoms with Crippen molar-refractivity contribution in [2.24, 2.45) is 0 Å². The predicted molar refractivity (Wildman–Crippen MR) is 91.2 cm³/mol. The van der Waals surface area contributed by atoms with Crippen LogP contribution in [0.3, 0.4) is 0 Å². The van der Waals surface area contributed by atoms with Gasteiger partial charge < -0.3 is 9.64 Å². The molecule has 24 heavy (non-hydrogen) atoms. The summed E-state index contributed by atoms with van der Waals surface area (Å²) in [5.74, 6) is -0.260. The van der Waals surface area contributed by atoms with Crippen molar-refractivity contribution in [3.63, 3.8) is 0 Å². The fourth-order valence-electron chi connectivity index (χ4n) is 2.50. The fraction of sp³-hybridized carbons (Fsp3) is 0.312.